The summed E-state index contributed by atoms with van der Waals surface area (Å²) in [6, 6.07) is 7.38. The number of nitrogens with zero attached hydrogens (tertiary/aromatic N) is 1. The van der Waals surface area contributed by atoms with Crippen molar-refractivity contribution < 1.29 is 14.3 Å². The summed E-state index contributed by atoms with van der Waals surface area (Å²) in [6.45, 7) is 4.71. The maximum absolute atomic E-state index is 12.2. The number of carbonyl (C=O) groups excluding carboxylic acids is 2. The van der Waals surface area contributed by atoms with E-state index in [1.54, 1.807) is 0 Å². The highest BCUT2D eigenvalue weighted by molar-refractivity contribution is 5.88. The van der Waals surface area contributed by atoms with Crippen molar-refractivity contribution in [2.24, 2.45) is 5.84 Å². The maximum atomic E-state index is 12.2. The van der Waals surface area contributed by atoms with Crippen LogP contribution in [-0.2, 0) is 16.1 Å². The number of rotatable bonds is 11. The summed E-state index contributed by atoms with van der Waals surface area (Å²) in [4.78, 5) is 25.9. The van der Waals surface area contributed by atoms with Crippen molar-refractivity contribution in [3.63, 3.8) is 0 Å². The molecule has 1 aromatic rings. The second-order valence-electron chi connectivity index (χ2n) is 6.92. The molecule has 1 unspecified atom stereocenters. The largest absolute Gasteiger partial charge is 0.493 e. The average Bonchev–Trinajstić information content (AvgIpc) is 2.68. The number of nitrogens with one attached hydrogen (secondary N) is 2. The van der Waals surface area contributed by atoms with E-state index in [9.17, 15) is 9.59 Å². The highest BCUT2D eigenvalue weighted by Gasteiger charge is 2.31. The van der Waals surface area contributed by atoms with Gasteiger partial charge in [0.1, 0.15) is 5.75 Å². The third kappa shape index (κ3) is 6.84. The SMILES string of the molecule is CCCCCCCOc1ccccc1CN1CCNC(=O)C1CC(=O)NN. The van der Waals surface area contributed by atoms with Crippen LogP contribution in [0, 0.1) is 0 Å². The maximum Gasteiger partial charge on any atom is 0.237 e. The number of unbranched alkanes of at least 4 members (excludes halogenated alkanes) is 4. The van der Waals surface area contributed by atoms with Crippen LogP contribution < -0.4 is 21.3 Å². The number of ether oxygens (including phenoxy) is 1. The molecule has 7 nitrogen and oxygen atoms in total. The van der Waals surface area contributed by atoms with Crippen LogP contribution in [0.1, 0.15) is 51.0 Å². The normalized spacial score (nSPS) is 17.4. The summed E-state index contributed by atoms with van der Waals surface area (Å²) in [5.41, 5.74) is 3.13. The Kier molecular flexibility index (Phi) is 9.07. The quantitative estimate of drug-likeness (QED) is 0.236. The van der Waals surface area contributed by atoms with Crippen molar-refractivity contribution in [3.05, 3.63) is 29.8 Å². The van der Waals surface area contributed by atoms with E-state index in [0.717, 1.165) is 17.7 Å². The second-order valence-corrected chi connectivity index (χ2v) is 6.92. The van der Waals surface area contributed by atoms with Crippen LogP contribution in [-0.4, -0.2) is 42.5 Å². The van der Waals surface area contributed by atoms with E-state index >= 15 is 0 Å². The molecule has 0 radical (unpaired) electrons. The molecule has 0 bridgehead atoms. The Morgan fingerprint density at radius 2 is 2.07 bits per heavy atom. The zero-order chi connectivity index (χ0) is 19.5. The first-order valence-corrected chi connectivity index (χ1v) is 9.87. The molecule has 0 saturated carbocycles. The molecule has 7 heteroatoms. The zero-order valence-corrected chi connectivity index (χ0v) is 16.2. The summed E-state index contributed by atoms with van der Waals surface area (Å²) < 4.78 is 6.00. The lowest BCUT2D eigenvalue weighted by Crippen LogP contribution is -2.56. The fourth-order valence-electron chi connectivity index (χ4n) is 3.29. The van der Waals surface area contributed by atoms with Crippen LogP contribution in [0.3, 0.4) is 0 Å². The number of hydrogen-bond acceptors (Lipinski definition) is 5. The lowest BCUT2D eigenvalue weighted by molar-refractivity contribution is -0.134. The first kappa shape index (κ1) is 21.2. The number of piperazine rings is 1. The molecule has 2 rings (SSSR count). The molecule has 27 heavy (non-hydrogen) atoms. The summed E-state index contributed by atoms with van der Waals surface area (Å²) in [7, 11) is 0. The number of hydrogen-bond donors (Lipinski definition) is 3. The van der Waals surface area contributed by atoms with Gasteiger partial charge in [-0.05, 0) is 12.5 Å². The Hall–Kier alpha value is -2.12. The van der Waals surface area contributed by atoms with Crippen molar-refractivity contribution in [2.45, 2.75) is 58.0 Å². The van der Waals surface area contributed by atoms with Gasteiger partial charge in [-0.1, -0.05) is 50.8 Å². The molecular weight excluding hydrogens is 344 g/mol. The van der Waals surface area contributed by atoms with Gasteiger partial charge in [0, 0.05) is 25.2 Å². The summed E-state index contributed by atoms with van der Waals surface area (Å²) in [5, 5.41) is 2.82. The number of carbonyl (C=O) groups is 2. The minimum atomic E-state index is -0.524. The van der Waals surface area contributed by atoms with E-state index in [4.69, 9.17) is 10.6 Å². The molecule has 4 N–H and O–H groups in total. The van der Waals surface area contributed by atoms with E-state index in [1.165, 1.54) is 25.7 Å². The van der Waals surface area contributed by atoms with Gasteiger partial charge in [0.25, 0.3) is 0 Å². The van der Waals surface area contributed by atoms with Gasteiger partial charge in [0.05, 0.1) is 19.1 Å². The molecule has 0 aromatic heterocycles. The van der Waals surface area contributed by atoms with Crippen molar-refractivity contribution in [3.8, 4) is 5.75 Å². The van der Waals surface area contributed by atoms with Crippen LogP contribution >= 0.6 is 0 Å². The standard InChI is InChI=1S/C20H32N4O3/c1-2-3-4-5-8-13-27-18-10-7-6-9-16(18)15-24-12-11-22-20(26)17(24)14-19(25)23-21/h6-7,9-10,17H,2-5,8,11-15,21H2,1H3,(H,22,26)(H,23,25). The second kappa shape index (κ2) is 11.6. The number of benzene rings is 1. The third-order valence-electron chi connectivity index (χ3n) is 4.83. The van der Waals surface area contributed by atoms with Crippen LogP contribution in [0.2, 0.25) is 0 Å². The van der Waals surface area contributed by atoms with Gasteiger partial charge in [0.2, 0.25) is 11.8 Å². The molecule has 1 saturated heterocycles. The van der Waals surface area contributed by atoms with E-state index in [2.05, 4.69) is 17.7 Å². The first-order chi connectivity index (χ1) is 13.2. The monoisotopic (exact) mass is 376 g/mol. The Balaban J connectivity index is 1.96. The molecule has 1 heterocycles. The molecule has 1 aliphatic rings. The van der Waals surface area contributed by atoms with Crippen LogP contribution in [0.5, 0.6) is 5.75 Å². The number of hydrazine groups is 1. The van der Waals surface area contributed by atoms with Gasteiger partial charge in [-0.15, -0.1) is 0 Å². The lowest BCUT2D eigenvalue weighted by Gasteiger charge is -2.34. The van der Waals surface area contributed by atoms with Crippen molar-refractivity contribution in [1.29, 1.82) is 0 Å². The van der Waals surface area contributed by atoms with Crippen molar-refractivity contribution in [1.82, 2.24) is 15.6 Å². The Morgan fingerprint density at radius 3 is 2.85 bits per heavy atom. The van der Waals surface area contributed by atoms with E-state index < -0.39 is 6.04 Å². The average molecular weight is 377 g/mol. The van der Waals surface area contributed by atoms with Crippen LogP contribution in [0.15, 0.2) is 24.3 Å². The van der Waals surface area contributed by atoms with Gasteiger partial charge in [-0.3, -0.25) is 19.9 Å². The molecule has 150 valence electrons. The molecule has 1 fully saturated rings. The summed E-state index contributed by atoms with van der Waals surface area (Å²) in [6.07, 6.45) is 6.01. The molecule has 0 spiro atoms. The predicted molar refractivity (Wildman–Crippen MR) is 105 cm³/mol. The van der Waals surface area contributed by atoms with Gasteiger partial charge >= 0.3 is 0 Å². The highest BCUT2D eigenvalue weighted by atomic mass is 16.5. The highest BCUT2D eigenvalue weighted by Crippen LogP contribution is 2.23. The third-order valence-corrected chi connectivity index (χ3v) is 4.83. The fraction of sp³-hybridized carbons (Fsp3) is 0.600. The van der Waals surface area contributed by atoms with Gasteiger partial charge < -0.3 is 10.1 Å². The summed E-state index contributed by atoms with van der Waals surface area (Å²) >= 11 is 0. The molecule has 2 amide bonds. The number of nitrogens with two attached hydrogens (primary N) is 1. The number of amides is 2. The topological polar surface area (TPSA) is 96.7 Å². The Labute approximate surface area is 161 Å². The minimum Gasteiger partial charge on any atom is -0.493 e. The molecule has 1 aliphatic heterocycles. The van der Waals surface area contributed by atoms with E-state index in [1.807, 2.05) is 29.2 Å². The lowest BCUT2D eigenvalue weighted by atomic mass is 10.1. The summed E-state index contributed by atoms with van der Waals surface area (Å²) in [5.74, 6) is 5.55. The smallest absolute Gasteiger partial charge is 0.237 e. The van der Waals surface area contributed by atoms with Crippen molar-refractivity contribution in [2.75, 3.05) is 19.7 Å². The molecule has 1 aromatic carbocycles. The van der Waals surface area contributed by atoms with E-state index in [-0.39, 0.29) is 18.2 Å². The van der Waals surface area contributed by atoms with Gasteiger partial charge in [-0.25, -0.2) is 5.84 Å². The van der Waals surface area contributed by atoms with Crippen LogP contribution in [0.4, 0.5) is 0 Å². The predicted octanol–water partition coefficient (Wildman–Crippen LogP) is 1.72. The van der Waals surface area contributed by atoms with Gasteiger partial charge in [0.15, 0.2) is 0 Å². The Bertz CT molecular complexity index is 609. The molecular formula is C20H32N4O3. The van der Waals surface area contributed by atoms with E-state index in [0.29, 0.717) is 26.2 Å². The molecule has 1 atom stereocenters. The van der Waals surface area contributed by atoms with Crippen molar-refractivity contribution >= 4 is 11.8 Å². The minimum absolute atomic E-state index is 0.0444. The van der Waals surface area contributed by atoms with Gasteiger partial charge in [-0.2, -0.15) is 0 Å². The molecule has 0 aliphatic carbocycles. The Morgan fingerprint density at radius 1 is 1.30 bits per heavy atom. The van der Waals surface area contributed by atoms with Crippen LogP contribution in [0.25, 0.3) is 0 Å². The zero-order valence-electron chi connectivity index (χ0n) is 16.2. The number of para-hydroxylation sites is 1. The first-order valence-electron chi connectivity index (χ1n) is 9.87. The fourth-order valence-corrected chi connectivity index (χ4v) is 3.29.